The first-order valence-electron chi connectivity index (χ1n) is 5.61. The Bertz CT molecular complexity index is 305. The Hall–Kier alpha value is -0.870. The number of ether oxygens (including phenoxy) is 1. The molecule has 0 atom stereocenters. The van der Waals surface area contributed by atoms with Crippen molar-refractivity contribution in [2.24, 2.45) is 7.05 Å². The summed E-state index contributed by atoms with van der Waals surface area (Å²) in [6.07, 6.45) is 4.73. The maximum absolute atomic E-state index is 5.50. The molecule has 0 radical (unpaired) electrons. The highest BCUT2D eigenvalue weighted by Crippen LogP contribution is 2.23. The molecule has 2 rings (SSSR count). The maximum Gasteiger partial charge on any atom is 0.0762 e. The van der Waals surface area contributed by atoms with Crippen LogP contribution in [0.5, 0.6) is 0 Å². The van der Waals surface area contributed by atoms with E-state index in [2.05, 4.69) is 17.3 Å². The lowest BCUT2D eigenvalue weighted by Gasteiger charge is -2.35. The van der Waals surface area contributed by atoms with Crippen LogP contribution in [0.25, 0.3) is 0 Å². The van der Waals surface area contributed by atoms with Crippen molar-refractivity contribution in [1.29, 1.82) is 0 Å². The smallest absolute Gasteiger partial charge is 0.0762 e. The van der Waals surface area contributed by atoms with Crippen molar-refractivity contribution >= 4 is 0 Å². The third kappa shape index (κ3) is 2.79. The molecule has 1 aliphatic carbocycles. The SMILES string of the molecule is CCOC1CC(NCc2ccn(C)n2)C1. The Kier molecular flexibility index (Phi) is 3.38. The lowest BCUT2D eigenvalue weighted by molar-refractivity contribution is -0.0103. The highest BCUT2D eigenvalue weighted by molar-refractivity contribution is 4.99. The van der Waals surface area contributed by atoms with Gasteiger partial charge in [-0.05, 0) is 25.8 Å². The molecule has 1 N–H and O–H groups in total. The number of aromatic nitrogens is 2. The summed E-state index contributed by atoms with van der Waals surface area (Å²) in [6, 6.07) is 2.66. The molecular weight excluding hydrogens is 190 g/mol. The van der Waals surface area contributed by atoms with Gasteiger partial charge >= 0.3 is 0 Å². The third-order valence-electron chi connectivity index (χ3n) is 2.84. The van der Waals surface area contributed by atoms with Gasteiger partial charge in [-0.25, -0.2) is 0 Å². The monoisotopic (exact) mass is 209 g/mol. The summed E-state index contributed by atoms with van der Waals surface area (Å²) in [6.45, 7) is 3.75. The van der Waals surface area contributed by atoms with Gasteiger partial charge in [0.1, 0.15) is 0 Å². The molecule has 0 aliphatic heterocycles. The van der Waals surface area contributed by atoms with Crippen LogP contribution in [0.4, 0.5) is 0 Å². The molecule has 1 aliphatic rings. The first-order valence-corrected chi connectivity index (χ1v) is 5.61. The Morgan fingerprint density at radius 3 is 3.00 bits per heavy atom. The van der Waals surface area contributed by atoms with Gasteiger partial charge in [0.25, 0.3) is 0 Å². The average Bonchev–Trinajstić information content (AvgIpc) is 2.55. The molecule has 0 aromatic carbocycles. The van der Waals surface area contributed by atoms with Crippen LogP contribution in [0.1, 0.15) is 25.5 Å². The van der Waals surface area contributed by atoms with Gasteiger partial charge in [-0.2, -0.15) is 5.10 Å². The van der Waals surface area contributed by atoms with Crippen molar-refractivity contribution in [2.45, 2.75) is 38.5 Å². The number of nitrogens with zero attached hydrogens (tertiary/aromatic N) is 2. The fourth-order valence-electron chi connectivity index (χ4n) is 1.91. The van der Waals surface area contributed by atoms with Crippen molar-refractivity contribution in [3.8, 4) is 0 Å². The van der Waals surface area contributed by atoms with E-state index >= 15 is 0 Å². The van der Waals surface area contributed by atoms with Crippen LogP contribution in [0.3, 0.4) is 0 Å². The summed E-state index contributed by atoms with van der Waals surface area (Å²) in [5.41, 5.74) is 1.11. The normalized spacial score (nSPS) is 25.2. The number of rotatable bonds is 5. The van der Waals surface area contributed by atoms with E-state index < -0.39 is 0 Å². The first kappa shape index (κ1) is 10.6. The molecule has 1 aromatic rings. The van der Waals surface area contributed by atoms with Gasteiger partial charge in [0.15, 0.2) is 0 Å². The van der Waals surface area contributed by atoms with Gasteiger partial charge in [0.05, 0.1) is 11.8 Å². The zero-order valence-corrected chi connectivity index (χ0v) is 9.44. The second-order valence-electron chi connectivity index (χ2n) is 4.11. The lowest BCUT2D eigenvalue weighted by atomic mass is 9.89. The molecule has 84 valence electrons. The Morgan fingerprint density at radius 2 is 2.40 bits per heavy atom. The summed E-state index contributed by atoms with van der Waals surface area (Å²) >= 11 is 0. The molecule has 1 heterocycles. The lowest BCUT2D eigenvalue weighted by Crippen LogP contribution is -2.45. The average molecular weight is 209 g/mol. The van der Waals surface area contributed by atoms with E-state index in [1.807, 2.05) is 24.0 Å². The van der Waals surface area contributed by atoms with E-state index in [9.17, 15) is 0 Å². The predicted molar refractivity (Wildman–Crippen MR) is 58.5 cm³/mol. The number of hydrogen-bond acceptors (Lipinski definition) is 3. The van der Waals surface area contributed by atoms with Gasteiger partial charge in [0.2, 0.25) is 0 Å². The summed E-state index contributed by atoms with van der Waals surface area (Å²) in [5.74, 6) is 0. The fourth-order valence-corrected chi connectivity index (χ4v) is 1.91. The minimum atomic E-state index is 0.483. The van der Waals surface area contributed by atoms with Crippen LogP contribution >= 0.6 is 0 Å². The van der Waals surface area contributed by atoms with Gasteiger partial charge in [-0.15, -0.1) is 0 Å². The van der Waals surface area contributed by atoms with Gasteiger partial charge in [0, 0.05) is 32.4 Å². The van der Waals surface area contributed by atoms with Crippen LogP contribution in [-0.4, -0.2) is 28.5 Å². The van der Waals surface area contributed by atoms with E-state index in [1.165, 1.54) is 0 Å². The summed E-state index contributed by atoms with van der Waals surface area (Å²) in [5, 5.41) is 7.80. The van der Waals surface area contributed by atoms with Gasteiger partial charge < -0.3 is 10.1 Å². The minimum Gasteiger partial charge on any atom is -0.378 e. The highest BCUT2D eigenvalue weighted by atomic mass is 16.5. The highest BCUT2D eigenvalue weighted by Gasteiger charge is 2.28. The number of aryl methyl sites for hydroxylation is 1. The minimum absolute atomic E-state index is 0.483. The van der Waals surface area contributed by atoms with Crippen LogP contribution < -0.4 is 5.32 Å². The van der Waals surface area contributed by atoms with Gasteiger partial charge in [-0.1, -0.05) is 0 Å². The largest absolute Gasteiger partial charge is 0.378 e. The third-order valence-corrected chi connectivity index (χ3v) is 2.84. The number of nitrogens with one attached hydrogen (secondary N) is 1. The zero-order chi connectivity index (χ0) is 10.7. The van der Waals surface area contributed by atoms with E-state index in [0.29, 0.717) is 12.1 Å². The Morgan fingerprint density at radius 1 is 1.60 bits per heavy atom. The van der Waals surface area contributed by atoms with Gasteiger partial charge in [-0.3, -0.25) is 4.68 Å². The van der Waals surface area contributed by atoms with Crippen molar-refractivity contribution in [3.63, 3.8) is 0 Å². The van der Waals surface area contributed by atoms with Crippen LogP contribution in [0.2, 0.25) is 0 Å². The molecule has 15 heavy (non-hydrogen) atoms. The quantitative estimate of drug-likeness (QED) is 0.788. The molecule has 4 heteroatoms. The van der Waals surface area contributed by atoms with E-state index in [1.54, 1.807) is 0 Å². The standard InChI is InChI=1S/C11H19N3O/c1-3-15-11-6-10(7-11)12-8-9-4-5-14(2)13-9/h4-5,10-12H,3,6-8H2,1-2H3. The molecule has 0 amide bonds. The molecule has 1 fully saturated rings. The fraction of sp³-hybridized carbons (Fsp3) is 0.727. The van der Waals surface area contributed by atoms with Crippen LogP contribution in [0, 0.1) is 0 Å². The molecule has 1 aromatic heterocycles. The summed E-state index contributed by atoms with van der Waals surface area (Å²) in [7, 11) is 1.94. The molecule has 1 saturated carbocycles. The predicted octanol–water partition coefficient (Wildman–Crippen LogP) is 1.08. The van der Waals surface area contributed by atoms with E-state index in [0.717, 1.165) is 31.7 Å². The maximum atomic E-state index is 5.50. The second kappa shape index (κ2) is 4.77. The first-order chi connectivity index (χ1) is 7.28. The van der Waals surface area contributed by atoms with Crippen molar-refractivity contribution < 1.29 is 4.74 Å². The van der Waals surface area contributed by atoms with Crippen molar-refractivity contribution in [1.82, 2.24) is 15.1 Å². The van der Waals surface area contributed by atoms with Crippen LogP contribution in [-0.2, 0) is 18.3 Å². The van der Waals surface area contributed by atoms with Crippen LogP contribution in [0.15, 0.2) is 12.3 Å². The van der Waals surface area contributed by atoms with Crippen molar-refractivity contribution in [2.75, 3.05) is 6.61 Å². The summed E-state index contributed by atoms with van der Waals surface area (Å²) in [4.78, 5) is 0. The van der Waals surface area contributed by atoms with E-state index in [4.69, 9.17) is 4.74 Å². The zero-order valence-electron chi connectivity index (χ0n) is 9.44. The number of hydrogen-bond donors (Lipinski definition) is 1. The molecular formula is C11H19N3O. The molecule has 0 saturated heterocycles. The molecule has 0 spiro atoms. The second-order valence-corrected chi connectivity index (χ2v) is 4.11. The Labute approximate surface area is 90.6 Å². The molecule has 4 nitrogen and oxygen atoms in total. The van der Waals surface area contributed by atoms with E-state index in [-0.39, 0.29) is 0 Å². The van der Waals surface area contributed by atoms with Crippen molar-refractivity contribution in [3.05, 3.63) is 18.0 Å². The molecule has 0 bridgehead atoms. The Balaban J connectivity index is 1.64. The topological polar surface area (TPSA) is 39.1 Å². The molecule has 0 unspecified atom stereocenters. The summed E-state index contributed by atoms with van der Waals surface area (Å²) < 4.78 is 7.34.